The second-order valence-corrected chi connectivity index (χ2v) is 4.90. The van der Waals surface area contributed by atoms with Crippen LogP contribution in [0.25, 0.3) is 11.5 Å². The largest absolute Gasteiger partial charge is 0.493 e. The van der Waals surface area contributed by atoms with Gasteiger partial charge in [0.1, 0.15) is 5.75 Å². The van der Waals surface area contributed by atoms with Crippen LogP contribution in [0.15, 0.2) is 28.7 Å². The van der Waals surface area contributed by atoms with Crippen LogP contribution in [0.3, 0.4) is 0 Å². The number of benzene rings is 1. The summed E-state index contributed by atoms with van der Waals surface area (Å²) in [7, 11) is 0. The molecule has 1 aliphatic heterocycles. The lowest BCUT2D eigenvalue weighted by atomic mass is 9.98. The molecule has 0 unspecified atom stereocenters. The summed E-state index contributed by atoms with van der Waals surface area (Å²) in [4.78, 5) is 0. The number of aromatic nitrogens is 2. The van der Waals surface area contributed by atoms with E-state index in [1.54, 1.807) is 0 Å². The summed E-state index contributed by atoms with van der Waals surface area (Å²) < 4.78 is 11.5. The number of piperidine rings is 1. The summed E-state index contributed by atoms with van der Waals surface area (Å²) in [5, 5.41) is 11.7. The van der Waals surface area contributed by atoms with E-state index in [0.717, 1.165) is 43.1 Å². The molecule has 0 atom stereocenters. The third kappa shape index (κ3) is 2.67. The zero-order valence-electron chi connectivity index (χ0n) is 11.6. The molecule has 20 heavy (non-hydrogen) atoms. The molecular weight excluding hydrogens is 254 g/mol. The van der Waals surface area contributed by atoms with Gasteiger partial charge in [0, 0.05) is 5.92 Å². The molecule has 0 saturated carbocycles. The second kappa shape index (κ2) is 6.05. The Hall–Kier alpha value is -1.88. The van der Waals surface area contributed by atoms with E-state index in [1.165, 1.54) is 0 Å². The van der Waals surface area contributed by atoms with Crippen LogP contribution in [0, 0.1) is 0 Å². The predicted octanol–water partition coefficient (Wildman–Crippen LogP) is 2.60. The quantitative estimate of drug-likeness (QED) is 0.927. The highest BCUT2D eigenvalue weighted by molar-refractivity contribution is 5.62. The van der Waals surface area contributed by atoms with Gasteiger partial charge in [-0.05, 0) is 45.0 Å². The van der Waals surface area contributed by atoms with E-state index in [2.05, 4.69) is 15.5 Å². The van der Waals surface area contributed by atoms with Crippen LogP contribution in [-0.4, -0.2) is 29.9 Å². The van der Waals surface area contributed by atoms with Crippen molar-refractivity contribution in [1.82, 2.24) is 15.5 Å². The van der Waals surface area contributed by atoms with Crippen LogP contribution in [0.1, 0.15) is 31.6 Å². The fourth-order valence-electron chi connectivity index (χ4n) is 2.50. The van der Waals surface area contributed by atoms with Gasteiger partial charge in [-0.25, -0.2) is 0 Å². The zero-order valence-corrected chi connectivity index (χ0v) is 11.6. The highest BCUT2D eigenvalue weighted by Crippen LogP contribution is 2.31. The van der Waals surface area contributed by atoms with E-state index in [-0.39, 0.29) is 0 Å². The fourth-order valence-corrected chi connectivity index (χ4v) is 2.50. The van der Waals surface area contributed by atoms with E-state index in [4.69, 9.17) is 9.15 Å². The topological polar surface area (TPSA) is 60.2 Å². The molecule has 1 aromatic heterocycles. The van der Waals surface area contributed by atoms with Crippen molar-refractivity contribution in [3.05, 3.63) is 30.2 Å². The summed E-state index contributed by atoms with van der Waals surface area (Å²) in [5.41, 5.74) is 0.863. The maximum atomic E-state index is 5.87. The molecule has 1 N–H and O–H groups in total. The van der Waals surface area contributed by atoms with Crippen molar-refractivity contribution in [1.29, 1.82) is 0 Å². The molecule has 1 saturated heterocycles. The molecule has 106 valence electrons. The average molecular weight is 273 g/mol. The number of para-hydroxylation sites is 1. The molecule has 0 radical (unpaired) electrons. The number of rotatable bonds is 4. The summed E-state index contributed by atoms with van der Waals surface area (Å²) in [6.45, 7) is 4.60. The smallest absolute Gasteiger partial charge is 0.251 e. The molecular formula is C15H19N3O2. The third-order valence-electron chi connectivity index (χ3n) is 3.55. The highest BCUT2D eigenvalue weighted by Gasteiger charge is 2.22. The summed E-state index contributed by atoms with van der Waals surface area (Å²) in [6.07, 6.45) is 2.10. The van der Waals surface area contributed by atoms with E-state index in [1.807, 2.05) is 31.2 Å². The summed E-state index contributed by atoms with van der Waals surface area (Å²) >= 11 is 0. The molecule has 3 rings (SSSR count). The Morgan fingerprint density at radius 3 is 2.85 bits per heavy atom. The molecule has 5 heteroatoms. The van der Waals surface area contributed by atoms with Gasteiger partial charge in [0.2, 0.25) is 5.89 Å². The standard InChI is InChI=1S/C15H19N3O2/c1-2-19-13-6-4-3-5-12(13)15-18-17-14(20-15)11-7-9-16-10-8-11/h3-6,11,16H,2,7-10H2,1H3. The van der Waals surface area contributed by atoms with Gasteiger partial charge in [-0.1, -0.05) is 12.1 Å². The maximum absolute atomic E-state index is 5.87. The van der Waals surface area contributed by atoms with Crippen molar-refractivity contribution in [2.24, 2.45) is 0 Å². The Kier molecular flexibility index (Phi) is 3.97. The number of hydrogen-bond donors (Lipinski definition) is 1. The van der Waals surface area contributed by atoms with E-state index < -0.39 is 0 Å². The Morgan fingerprint density at radius 1 is 1.25 bits per heavy atom. The SMILES string of the molecule is CCOc1ccccc1-c1nnc(C2CCNCC2)o1. The molecule has 5 nitrogen and oxygen atoms in total. The summed E-state index contributed by atoms with van der Waals surface area (Å²) in [5.74, 6) is 2.45. The number of nitrogens with one attached hydrogen (secondary N) is 1. The van der Waals surface area contributed by atoms with Gasteiger partial charge < -0.3 is 14.5 Å². The van der Waals surface area contributed by atoms with Gasteiger partial charge in [0.05, 0.1) is 12.2 Å². The van der Waals surface area contributed by atoms with Crippen LogP contribution >= 0.6 is 0 Å². The van der Waals surface area contributed by atoms with Crippen LogP contribution in [-0.2, 0) is 0 Å². The predicted molar refractivity (Wildman–Crippen MR) is 75.7 cm³/mol. The minimum absolute atomic E-state index is 0.372. The Bertz CT molecular complexity index is 562. The molecule has 0 spiro atoms. The lowest BCUT2D eigenvalue weighted by molar-refractivity contribution is 0.339. The van der Waals surface area contributed by atoms with Crippen molar-refractivity contribution in [2.75, 3.05) is 19.7 Å². The maximum Gasteiger partial charge on any atom is 0.251 e. The van der Waals surface area contributed by atoms with E-state index in [9.17, 15) is 0 Å². The number of hydrogen-bond acceptors (Lipinski definition) is 5. The molecule has 1 aliphatic rings. The minimum atomic E-state index is 0.372. The molecule has 2 aromatic rings. The van der Waals surface area contributed by atoms with Crippen molar-refractivity contribution >= 4 is 0 Å². The van der Waals surface area contributed by atoms with Crippen molar-refractivity contribution in [3.63, 3.8) is 0 Å². The third-order valence-corrected chi connectivity index (χ3v) is 3.55. The van der Waals surface area contributed by atoms with Crippen molar-refractivity contribution in [3.8, 4) is 17.2 Å². The molecule has 1 fully saturated rings. The van der Waals surface area contributed by atoms with Gasteiger partial charge >= 0.3 is 0 Å². The zero-order chi connectivity index (χ0) is 13.8. The van der Waals surface area contributed by atoms with Crippen LogP contribution < -0.4 is 10.1 Å². The lowest BCUT2D eigenvalue weighted by Gasteiger charge is -2.18. The normalized spacial score (nSPS) is 16.2. The van der Waals surface area contributed by atoms with Gasteiger partial charge in [0.25, 0.3) is 5.89 Å². The average Bonchev–Trinajstić information content (AvgIpc) is 2.99. The minimum Gasteiger partial charge on any atom is -0.493 e. The van der Waals surface area contributed by atoms with Gasteiger partial charge in [-0.3, -0.25) is 0 Å². The summed E-state index contributed by atoms with van der Waals surface area (Å²) in [6, 6.07) is 7.77. The molecule has 2 heterocycles. The number of nitrogens with zero attached hydrogens (tertiary/aromatic N) is 2. The fraction of sp³-hybridized carbons (Fsp3) is 0.467. The van der Waals surface area contributed by atoms with Gasteiger partial charge in [-0.15, -0.1) is 10.2 Å². The van der Waals surface area contributed by atoms with Gasteiger partial charge in [0.15, 0.2) is 0 Å². The highest BCUT2D eigenvalue weighted by atomic mass is 16.5. The Balaban J connectivity index is 1.86. The van der Waals surface area contributed by atoms with E-state index in [0.29, 0.717) is 18.4 Å². The Morgan fingerprint density at radius 2 is 2.05 bits per heavy atom. The Labute approximate surface area is 118 Å². The first-order valence-corrected chi connectivity index (χ1v) is 7.14. The first-order chi connectivity index (χ1) is 9.88. The monoisotopic (exact) mass is 273 g/mol. The van der Waals surface area contributed by atoms with Crippen LogP contribution in [0.5, 0.6) is 5.75 Å². The van der Waals surface area contributed by atoms with E-state index >= 15 is 0 Å². The first kappa shape index (κ1) is 13.1. The molecule has 0 aliphatic carbocycles. The molecule has 0 bridgehead atoms. The second-order valence-electron chi connectivity index (χ2n) is 4.90. The van der Waals surface area contributed by atoms with Crippen LogP contribution in [0.2, 0.25) is 0 Å². The van der Waals surface area contributed by atoms with Crippen molar-refractivity contribution < 1.29 is 9.15 Å². The van der Waals surface area contributed by atoms with Crippen LogP contribution in [0.4, 0.5) is 0 Å². The lowest BCUT2D eigenvalue weighted by Crippen LogP contribution is -2.26. The molecule has 1 aromatic carbocycles. The van der Waals surface area contributed by atoms with Gasteiger partial charge in [-0.2, -0.15) is 0 Å². The van der Waals surface area contributed by atoms with Crippen molar-refractivity contribution in [2.45, 2.75) is 25.7 Å². The molecule has 0 amide bonds. The number of ether oxygens (including phenoxy) is 1. The first-order valence-electron chi connectivity index (χ1n) is 7.14.